The van der Waals surface area contributed by atoms with Crippen LogP contribution in [0, 0.1) is 0 Å². The summed E-state index contributed by atoms with van der Waals surface area (Å²) in [6, 6.07) is 8.88. The Kier molecular flexibility index (Phi) is 7.35. The van der Waals surface area contributed by atoms with Crippen molar-refractivity contribution in [2.24, 2.45) is 0 Å². The quantitative estimate of drug-likeness (QED) is 0.508. The highest BCUT2D eigenvalue weighted by Gasteiger charge is 2.15. The molecule has 0 unspecified atom stereocenters. The molecule has 0 radical (unpaired) electrons. The first-order valence-electron chi connectivity index (χ1n) is 7.29. The monoisotopic (exact) mass is 280 g/mol. The van der Waals surface area contributed by atoms with Gasteiger partial charge in [-0.2, -0.15) is 0 Å². The van der Waals surface area contributed by atoms with Gasteiger partial charge in [-0.05, 0) is 12.0 Å². The van der Waals surface area contributed by atoms with Crippen molar-refractivity contribution in [3.8, 4) is 0 Å². The van der Waals surface area contributed by atoms with Crippen LogP contribution in [0.1, 0.15) is 25.3 Å². The Hall–Kier alpha value is -0.643. The Morgan fingerprint density at radius 1 is 0.895 bits per heavy atom. The highest BCUT2D eigenvalue weighted by atomic mass is 28.3. The first-order valence-corrected chi connectivity index (χ1v) is 10.8. The second-order valence-corrected chi connectivity index (χ2v) is 11.0. The van der Waals surface area contributed by atoms with Crippen molar-refractivity contribution >= 4 is 13.3 Å². The number of unbranched alkanes of at least 4 members (excludes halogenated alkanes) is 1. The Bertz CT molecular complexity index is 341. The zero-order valence-corrected chi connectivity index (χ0v) is 13.9. The Morgan fingerprint density at radius 3 is 2.11 bits per heavy atom. The molecule has 2 nitrogen and oxygen atoms in total. The third-order valence-electron chi connectivity index (χ3n) is 3.10. The van der Waals surface area contributed by atoms with Crippen LogP contribution in [-0.2, 0) is 16.1 Å². The molecule has 1 aromatic rings. The first-order chi connectivity index (χ1) is 9.04. The maximum Gasteiger partial charge on any atom is 0.0775 e. The van der Waals surface area contributed by atoms with Crippen LogP contribution in [-0.4, -0.2) is 27.9 Å². The van der Waals surface area contributed by atoms with Crippen molar-refractivity contribution < 1.29 is 9.47 Å². The molecule has 0 bridgehead atoms. The van der Waals surface area contributed by atoms with Crippen molar-refractivity contribution in [3.63, 3.8) is 0 Å². The van der Waals surface area contributed by atoms with E-state index in [2.05, 4.69) is 50.8 Å². The first kappa shape index (κ1) is 16.4. The molecule has 0 aliphatic carbocycles. The molecule has 0 spiro atoms. The smallest absolute Gasteiger partial charge is 0.0775 e. The van der Waals surface area contributed by atoms with Gasteiger partial charge < -0.3 is 9.47 Å². The molecule has 1 aromatic carbocycles. The van der Waals surface area contributed by atoms with Gasteiger partial charge in [-0.25, -0.2) is 0 Å². The summed E-state index contributed by atoms with van der Waals surface area (Å²) >= 11 is 0. The highest BCUT2D eigenvalue weighted by Crippen LogP contribution is 2.05. The molecule has 1 rings (SSSR count). The van der Waals surface area contributed by atoms with Crippen LogP contribution in [0.5, 0.6) is 0 Å². The molecular weight excluding hydrogens is 252 g/mol. The van der Waals surface area contributed by atoms with Gasteiger partial charge in [0, 0.05) is 6.61 Å². The van der Waals surface area contributed by atoms with Gasteiger partial charge in [-0.1, -0.05) is 62.4 Å². The van der Waals surface area contributed by atoms with E-state index in [-0.39, 0.29) is 0 Å². The molecule has 0 aliphatic heterocycles. The fourth-order valence-electron chi connectivity index (χ4n) is 1.76. The molecule has 0 saturated heterocycles. The van der Waals surface area contributed by atoms with Crippen molar-refractivity contribution in [2.75, 3.05) is 19.8 Å². The van der Waals surface area contributed by atoms with Crippen molar-refractivity contribution in [2.45, 2.75) is 46.0 Å². The van der Waals surface area contributed by atoms with Crippen LogP contribution in [0.3, 0.4) is 0 Å². The van der Waals surface area contributed by atoms with E-state index in [1.54, 1.807) is 0 Å². The zero-order valence-electron chi connectivity index (χ0n) is 12.9. The number of hydrogen-bond acceptors (Lipinski definition) is 2. The minimum Gasteiger partial charge on any atom is -0.379 e. The fourth-order valence-corrected chi connectivity index (χ4v) is 2.92. The topological polar surface area (TPSA) is 18.5 Å². The van der Waals surface area contributed by atoms with E-state index < -0.39 is 8.07 Å². The third-order valence-corrected chi connectivity index (χ3v) is 5.17. The minimum atomic E-state index is -1.17. The lowest BCUT2D eigenvalue weighted by Gasteiger charge is -2.16. The zero-order chi connectivity index (χ0) is 14.1. The Labute approximate surface area is 119 Å². The number of hydrogen-bond donors (Lipinski definition) is 0. The lowest BCUT2D eigenvalue weighted by molar-refractivity contribution is 0.0397. The van der Waals surface area contributed by atoms with E-state index in [0.717, 1.165) is 13.0 Å². The van der Waals surface area contributed by atoms with Gasteiger partial charge in [-0.3, -0.25) is 0 Å². The van der Waals surface area contributed by atoms with Gasteiger partial charge in [0.25, 0.3) is 0 Å². The van der Waals surface area contributed by atoms with Crippen molar-refractivity contribution in [1.82, 2.24) is 0 Å². The van der Waals surface area contributed by atoms with Gasteiger partial charge in [0.1, 0.15) is 0 Å². The average Bonchev–Trinajstić information content (AvgIpc) is 2.37. The highest BCUT2D eigenvalue weighted by molar-refractivity contribution is 6.88. The predicted molar refractivity (Wildman–Crippen MR) is 84.8 cm³/mol. The van der Waals surface area contributed by atoms with Crippen LogP contribution in [0.15, 0.2) is 24.3 Å². The van der Waals surface area contributed by atoms with E-state index in [1.807, 2.05) is 0 Å². The van der Waals surface area contributed by atoms with Crippen LogP contribution in [0.2, 0.25) is 19.6 Å². The summed E-state index contributed by atoms with van der Waals surface area (Å²) in [5.41, 5.74) is 1.25. The molecule has 108 valence electrons. The van der Waals surface area contributed by atoms with Crippen LogP contribution < -0.4 is 5.19 Å². The molecule has 0 heterocycles. The summed E-state index contributed by atoms with van der Waals surface area (Å²) in [7, 11) is -1.17. The van der Waals surface area contributed by atoms with Crippen molar-refractivity contribution in [3.05, 3.63) is 29.8 Å². The predicted octanol–water partition coefficient (Wildman–Crippen LogP) is 3.57. The Balaban J connectivity index is 2.20. The molecule has 0 N–H and O–H groups in total. The summed E-state index contributed by atoms with van der Waals surface area (Å²) in [5, 5.41) is 1.50. The maximum atomic E-state index is 5.61. The number of ether oxygens (including phenoxy) is 2. The standard InChI is InChI=1S/C16H28O2Si/c1-5-6-11-17-12-13-18-14-15-7-9-16(10-8-15)19(2,3)4/h7-10H,5-6,11-14H2,1-4H3. The molecule has 0 saturated carbocycles. The molecule has 0 atom stereocenters. The van der Waals surface area contributed by atoms with Gasteiger partial charge in [-0.15, -0.1) is 0 Å². The molecule has 0 amide bonds. The maximum absolute atomic E-state index is 5.61. The largest absolute Gasteiger partial charge is 0.379 e. The van der Waals surface area contributed by atoms with Crippen LogP contribution in [0.25, 0.3) is 0 Å². The van der Waals surface area contributed by atoms with Crippen LogP contribution >= 0.6 is 0 Å². The number of rotatable bonds is 9. The van der Waals surface area contributed by atoms with E-state index >= 15 is 0 Å². The summed E-state index contributed by atoms with van der Waals surface area (Å²) < 4.78 is 11.1. The van der Waals surface area contributed by atoms with Gasteiger partial charge in [0.05, 0.1) is 27.9 Å². The third kappa shape index (κ3) is 6.90. The lowest BCUT2D eigenvalue weighted by atomic mass is 10.2. The van der Waals surface area contributed by atoms with Gasteiger partial charge in [0.15, 0.2) is 0 Å². The molecule has 3 heteroatoms. The summed E-state index contributed by atoms with van der Waals surface area (Å²) in [6.45, 7) is 12.2. The second kappa shape index (κ2) is 8.51. The average molecular weight is 280 g/mol. The van der Waals surface area contributed by atoms with E-state index in [4.69, 9.17) is 9.47 Å². The van der Waals surface area contributed by atoms with Gasteiger partial charge in [0.2, 0.25) is 0 Å². The molecule has 0 aliphatic rings. The molecule has 19 heavy (non-hydrogen) atoms. The molecular formula is C16H28O2Si. The van der Waals surface area contributed by atoms with Crippen molar-refractivity contribution in [1.29, 1.82) is 0 Å². The Morgan fingerprint density at radius 2 is 1.53 bits per heavy atom. The van der Waals surface area contributed by atoms with E-state index in [9.17, 15) is 0 Å². The minimum absolute atomic E-state index is 0.680. The van der Waals surface area contributed by atoms with E-state index in [0.29, 0.717) is 19.8 Å². The summed E-state index contributed by atoms with van der Waals surface area (Å²) in [5.74, 6) is 0. The van der Waals surface area contributed by atoms with E-state index in [1.165, 1.54) is 17.2 Å². The fraction of sp³-hybridized carbons (Fsp3) is 0.625. The normalized spacial score (nSPS) is 11.8. The molecule has 0 fully saturated rings. The molecule has 0 aromatic heterocycles. The summed E-state index contributed by atoms with van der Waals surface area (Å²) in [6.07, 6.45) is 2.32. The van der Waals surface area contributed by atoms with Crippen LogP contribution in [0.4, 0.5) is 0 Å². The second-order valence-electron chi connectivity index (χ2n) is 5.97. The lowest BCUT2D eigenvalue weighted by Crippen LogP contribution is -2.37. The summed E-state index contributed by atoms with van der Waals surface area (Å²) in [4.78, 5) is 0. The number of benzene rings is 1. The SMILES string of the molecule is CCCCOCCOCc1ccc([Si](C)(C)C)cc1. The van der Waals surface area contributed by atoms with Gasteiger partial charge >= 0.3 is 0 Å².